The largest absolute Gasteiger partial charge is 0.369 e. The Morgan fingerprint density at radius 2 is 1.81 bits per heavy atom. The standard InChI is InChI=1S/C27H28N6O3/c1-31-25(18-3-2-4-20(14-18)32-11-9-28-10-12-32)22(15-29-31)17-5-6-21-19(13-17)16-33(27(21)36)23-7-8-24(34)30-26(23)35/h2-6,13-15,23,28H,7-12,16H2,1H3,(H,30,34,35). The molecule has 9 nitrogen and oxygen atoms in total. The number of nitrogens with zero attached hydrogens (tertiary/aromatic N) is 4. The molecule has 2 N–H and O–H groups in total. The fraction of sp³-hybridized carbons (Fsp3) is 0.333. The fourth-order valence-electron chi connectivity index (χ4n) is 5.51. The van der Waals surface area contributed by atoms with E-state index in [1.807, 2.05) is 36.1 Å². The van der Waals surface area contributed by atoms with E-state index in [9.17, 15) is 14.4 Å². The maximum Gasteiger partial charge on any atom is 0.255 e. The molecular formula is C27H28N6O3. The summed E-state index contributed by atoms with van der Waals surface area (Å²) in [6.07, 6.45) is 2.46. The minimum absolute atomic E-state index is 0.166. The van der Waals surface area contributed by atoms with Crippen LogP contribution in [-0.2, 0) is 23.2 Å². The van der Waals surface area contributed by atoms with Crippen molar-refractivity contribution in [2.24, 2.45) is 7.05 Å². The molecule has 184 valence electrons. The van der Waals surface area contributed by atoms with E-state index in [0.717, 1.165) is 54.1 Å². The summed E-state index contributed by atoms with van der Waals surface area (Å²) in [5.74, 6) is -0.847. The summed E-state index contributed by atoms with van der Waals surface area (Å²) < 4.78 is 1.89. The van der Waals surface area contributed by atoms with Crippen LogP contribution in [0.4, 0.5) is 5.69 Å². The van der Waals surface area contributed by atoms with Crippen LogP contribution < -0.4 is 15.5 Å². The molecular weight excluding hydrogens is 456 g/mol. The summed E-state index contributed by atoms with van der Waals surface area (Å²) in [6, 6.07) is 13.8. The normalized spacial score (nSPS) is 20.0. The number of aryl methyl sites for hydroxylation is 1. The van der Waals surface area contributed by atoms with Crippen molar-refractivity contribution < 1.29 is 14.4 Å². The van der Waals surface area contributed by atoms with E-state index < -0.39 is 11.9 Å². The van der Waals surface area contributed by atoms with Crippen LogP contribution in [0.15, 0.2) is 48.7 Å². The van der Waals surface area contributed by atoms with Gasteiger partial charge >= 0.3 is 0 Å². The molecule has 0 bridgehead atoms. The monoisotopic (exact) mass is 484 g/mol. The fourth-order valence-corrected chi connectivity index (χ4v) is 5.51. The van der Waals surface area contributed by atoms with Crippen molar-refractivity contribution in [2.75, 3.05) is 31.1 Å². The molecule has 6 rings (SSSR count). The first-order chi connectivity index (χ1) is 17.5. The van der Waals surface area contributed by atoms with E-state index in [-0.39, 0.29) is 18.2 Å². The number of anilines is 1. The van der Waals surface area contributed by atoms with Gasteiger partial charge in [-0.3, -0.25) is 24.4 Å². The van der Waals surface area contributed by atoms with Gasteiger partial charge in [0.2, 0.25) is 11.8 Å². The molecule has 3 amide bonds. The maximum absolute atomic E-state index is 13.1. The third kappa shape index (κ3) is 3.85. The number of piperidine rings is 1. The highest BCUT2D eigenvalue weighted by molar-refractivity contribution is 6.05. The molecule has 1 atom stereocenters. The van der Waals surface area contributed by atoms with E-state index in [1.165, 1.54) is 5.69 Å². The second-order valence-electron chi connectivity index (χ2n) is 9.59. The van der Waals surface area contributed by atoms with Crippen LogP contribution in [-0.4, -0.2) is 64.6 Å². The van der Waals surface area contributed by atoms with E-state index in [2.05, 4.69) is 44.9 Å². The second-order valence-corrected chi connectivity index (χ2v) is 9.59. The van der Waals surface area contributed by atoms with Gasteiger partial charge in [0.25, 0.3) is 5.91 Å². The molecule has 3 aliphatic heterocycles. The summed E-state index contributed by atoms with van der Waals surface area (Å²) in [5, 5.41) is 10.3. The van der Waals surface area contributed by atoms with Crippen LogP contribution in [0.3, 0.4) is 0 Å². The van der Waals surface area contributed by atoms with Crippen molar-refractivity contribution in [3.05, 3.63) is 59.8 Å². The van der Waals surface area contributed by atoms with Crippen molar-refractivity contribution in [1.29, 1.82) is 0 Å². The summed E-state index contributed by atoms with van der Waals surface area (Å²) in [5.41, 5.74) is 6.75. The van der Waals surface area contributed by atoms with Gasteiger partial charge in [0.15, 0.2) is 0 Å². The first-order valence-electron chi connectivity index (χ1n) is 12.4. The lowest BCUT2D eigenvalue weighted by Crippen LogP contribution is -2.52. The van der Waals surface area contributed by atoms with Gasteiger partial charge in [-0.15, -0.1) is 0 Å². The maximum atomic E-state index is 13.1. The molecule has 2 saturated heterocycles. The number of carbonyl (C=O) groups excluding carboxylic acids is 3. The van der Waals surface area contributed by atoms with Crippen LogP contribution in [0.1, 0.15) is 28.8 Å². The molecule has 0 spiro atoms. The minimum atomic E-state index is -0.618. The molecule has 36 heavy (non-hydrogen) atoms. The Kier molecular flexibility index (Phi) is 5.56. The van der Waals surface area contributed by atoms with Gasteiger partial charge in [-0.05, 0) is 41.8 Å². The number of hydrogen-bond donors (Lipinski definition) is 2. The molecule has 1 unspecified atom stereocenters. The van der Waals surface area contributed by atoms with Gasteiger partial charge in [-0.25, -0.2) is 0 Å². The van der Waals surface area contributed by atoms with Crippen LogP contribution in [0, 0.1) is 0 Å². The van der Waals surface area contributed by atoms with Crippen LogP contribution >= 0.6 is 0 Å². The molecule has 9 heteroatoms. The third-order valence-corrected chi connectivity index (χ3v) is 7.38. The number of rotatable bonds is 4. The zero-order valence-electron chi connectivity index (χ0n) is 20.2. The highest BCUT2D eigenvalue weighted by Crippen LogP contribution is 2.36. The number of piperazine rings is 1. The molecule has 1 aromatic heterocycles. The van der Waals surface area contributed by atoms with E-state index >= 15 is 0 Å². The Morgan fingerprint density at radius 1 is 0.972 bits per heavy atom. The molecule has 0 radical (unpaired) electrons. The highest BCUT2D eigenvalue weighted by atomic mass is 16.2. The number of nitrogens with one attached hydrogen (secondary N) is 2. The second kappa shape index (κ2) is 8.91. The van der Waals surface area contributed by atoms with Gasteiger partial charge in [-0.1, -0.05) is 18.2 Å². The number of amides is 3. The first-order valence-corrected chi connectivity index (χ1v) is 12.4. The van der Waals surface area contributed by atoms with Crippen molar-refractivity contribution >= 4 is 23.4 Å². The van der Waals surface area contributed by atoms with Crippen molar-refractivity contribution in [2.45, 2.75) is 25.4 Å². The number of benzene rings is 2. The Labute approximate surface area is 209 Å². The Morgan fingerprint density at radius 3 is 2.61 bits per heavy atom. The zero-order valence-corrected chi connectivity index (χ0v) is 20.2. The lowest BCUT2D eigenvalue weighted by atomic mass is 9.98. The van der Waals surface area contributed by atoms with Crippen LogP contribution in [0.25, 0.3) is 22.4 Å². The molecule has 4 heterocycles. The van der Waals surface area contributed by atoms with Crippen molar-refractivity contribution in [3.63, 3.8) is 0 Å². The third-order valence-electron chi connectivity index (χ3n) is 7.38. The quantitative estimate of drug-likeness (QED) is 0.549. The van der Waals surface area contributed by atoms with E-state index in [1.54, 1.807) is 4.90 Å². The first kappa shape index (κ1) is 22.5. The smallest absolute Gasteiger partial charge is 0.255 e. The van der Waals surface area contributed by atoms with Gasteiger partial charge in [0, 0.05) is 68.6 Å². The molecule has 3 aliphatic rings. The predicted molar refractivity (Wildman–Crippen MR) is 135 cm³/mol. The zero-order chi connectivity index (χ0) is 24.8. The predicted octanol–water partition coefficient (Wildman–Crippen LogP) is 1.92. The molecule has 0 saturated carbocycles. The Hall–Kier alpha value is -3.98. The Bertz CT molecular complexity index is 1370. The van der Waals surface area contributed by atoms with Gasteiger partial charge in [-0.2, -0.15) is 5.10 Å². The molecule has 0 aliphatic carbocycles. The molecule has 2 fully saturated rings. The number of fused-ring (bicyclic) bond motifs is 1. The number of imide groups is 1. The van der Waals surface area contributed by atoms with Crippen LogP contribution in [0.2, 0.25) is 0 Å². The number of carbonyl (C=O) groups is 3. The summed E-state index contributed by atoms with van der Waals surface area (Å²) >= 11 is 0. The van der Waals surface area contributed by atoms with Gasteiger partial charge < -0.3 is 15.1 Å². The summed E-state index contributed by atoms with van der Waals surface area (Å²) in [4.78, 5) is 41.0. The summed E-state index contributed by atoms with van der Waals surface area (Å²) in [7, 11) is 1.94. The van der Waals surface area contributed by atoms with Crippen molar-refractivity contribution in [3.8, 4) is 22.4 Å². The average Bonchev–Trinajstić information content (AvgIpc) is 3.44. The SMILES string of the molecule is Cn1ncc(-c2ccc3c(c2)CN(C2CCC(=O)NC2=O)C3=O)c1-c1cccc(N2CCNCC2)c1. The number of aromatic nitrogens is 2. The summed E-state index contributed by atoms with van der Waals surface area (Å²) in [6.45, 7) is 4.26. The molecule has 3 aromatic rings. The van der Waals surface area contributed by atoms with Gasteiger partial charge in [0.05, 0.1) is 11.9 Å². The van der Waals surface area contributed by atoms with Crippen LogP contribution in [0.5, 0.6) is 0 Å². The topological polar surface area (TPSA) is 99.6 Å². The number of hydrogen-bond acceptors (Lipinski definition) is 6. The lowest BCUT2D eigenvalue weighted by molar-refractivity contribution is -0.136. The Balaban J connectivity index is 1.31. The van der Waals surface area contributed by atoms with E-state index in [4.69, 9.17) is 0 Å². The van der Waals surface area contributed by atoms with Crippen molar-refractivity contribution in [1.82, 2.24) is 25.3 Å². The van der Waals surface area contributed by atoms with Gasteiger partial charge in [0.1, 0.15) is 6.04 Å². The minimum Gasteiger partial charge on any atom is -0.369 e. The molecule has 2 aromatic carbocycles. The highest BCUT2D eigenvalue weighted by Gasteiger charge is 2.39. The van der Waals surface area contributed by atoms with E-state index in [0.29, 0.717) is 18.5 Å². The lowest BCUT2D eigenvalue weighted by Gasteiger charge is -2.29. The average molecular weight is 485 g/mol.